The minimum absolute atomic E-state index is 0.0960. The van der Waals surface area contributed by atoms with Gasteiger partial charge in [-0.2, -0.15) is 0 Å². The van der Waals surface area contributed by atoms with Crippen LogP contribution < -0.4 is 5.73 Å². The number of furan rings is 1. The van der Waals surface area contributed by atoms with Crippen LogP contribution in [0.5, 0.6) is 0 Å². The van der Waals surface area contributed by atoms with Crippen molar-refractivity contribution in [1.29, 1.82) is 0 Å². The van der Waals surface area contributed by atoms with Gasteiger partial charge in [0.15, 0.2) is 0 Å². The molecule has 0 spiro atoms. The third-order valence-electron chi connectivity index (χ3n) is 3.41. The lowest BCUT2D eigenvalue weighted by atomic mass is 9.85. The predicted octanol–water partition coefficient (Wildman–Crippen LogP) is 1.76. The molecule has 1 heterocycles. The summed E-state index contributed by atoms with van der Waals surface area (Å²) >= 11 is 0. The van der Waals surface area contributed by atoms with Gasteiger partial charge in [-0.05, 0) is 31.4 Å². The Morgan fingerprint density at radius 2 is 2.41 bits per heavy atom. The summed E-state index contributed by atoms with van der Waals surface area (Å²) in [6.07, 6.45) is 5.53. The highest BCUT2D eigenvalue weighted by atomic mass is 16.3. The van der Waals surface area contributed by atoms with E-state index >= 15 is 0 Å². The van der Waals surface area contributed by atoms with Crippen LogP contribution in [0.2, 0.25) is 0 Å². The average molecular weight is 236 g/mol. The van der Waals surface area contributed by atoms with Gasteiger partial charge in [0.2, 0.25) is 5.91 Å². The van der Waals surface area contributed by atoms with E-state index in [9.17, 15) is 4.79 Å². The lowest BCUT2D eigenvalue weighted by Gasteiger charge is -2.29. The number of carbonyl (C=O) groups excluding carboxylic acids is 1. The van der Waals surface area contributed by atoms with Crippen LogP contribution in [0.3, 0.4) is 0 Å². The molecule has 2 unspecified atom stereocenters. The molecule has 1 aliphatic carbocycles. The molecule has 2 N–H and O–H groups in total. The van der Waals surface area contributed by atoms with E-state index in [0.29, 0.717) is 6.54 Å². The third-order valence-corrected chi connectivity index (χ3v) is 3.41. The van der Waals surface area contributed by atoms with Gasteiger partial charge in [0, 0.05) is 19.0 Å². The van der Waals surface area contributed by atoms with E-state index in [0.717, 1.165) is 31.4 Å². The number of rotatable bonds is 3. The van der Waals surface area contributed by atoms with Gasteiger partial charge in [-0.25, -0.2) is 0 Å². The summed E-state index contributed by atoms with van der Waals surface area (Å²) in [5, 5.41) is 0. The van der Waals surface area contributed by atoms with Crippen molar-refractivity contribution in [2.24, 2.45) is 11.7 Å². The first-order valence-corrected chi connectivity index (χ1v) is 6.19. The Kier molecular flexibility index (Phi) is 3.84. The molecule has 94 valence electrons. The van der Waals surface area contributed by atoms with Crippen molar-refractivity contribution < 1.29 is 9.21 Å². The Morgan fingerprint density at radius 3 is 3.06 bits per heavy atom. The quantitative estimate of drug-likeness (QED) is 0.869. The molecule has 1 aromatic rings. The monoisotopic (exact) mass is 236 g/mol. The molecular formula is C13H20N2O2. The van der Waals surface area contributed by atoms with Crippen molar-refractivity contribution in [3.05, 3.63) is 24.2 Å². The smallest absolute Gasteiger partial charge is 0.225 e. The SMILES string of the molecule is CN(Cc1ccco1)C(=O)C1CCCC(N)C1. The van der Waals surface area contributed by atoms with E-state index in [1.54, 1.807) is 11.2 Å². The zero-order chi connectivity index (χ0) is 12.3. The molecule has 1 aromatic heterocycles. The highest BCUT2D eigenvalue weighted by Crippen LogP contribution is 2.25. The number of carbonyl (C=O) groups is 1. The summed E-state index contributed by atoms with van der Waals surface area (Å²) in [5.74, 6) is 1.11. The minimum atomic E-state index is 0.0960. The van der Waals surface area contributed by atoms with Crippen molar-refractivity contribution in [1.82, 2.24) is 4.90 Å². The van der Waals surface area contributed by atoms with Crippen LogP contribution >= 0.6 is 0 Å². The van der Waals surface area contributed by atoms with E-state index in [1.165, 1.54) is 0 Å². The molecule has 17 heavy (non-hydrogen) atoms. The molecule has 0 bridgehead atoms. The summed E-state index contributed by atoms with van der Waals surface area (Å²) in [4.78, 5) is 13.9. The molecule has 2 atom stereocenters. The van der Waals surface area contributed by atoms with Crippen LogP contribution in [-0.2, 0) is 11.3 Å². The van der Waals surface area contributed by atoms with Crippen LogP contribution in [0.4, 0.5) is 0 Å². The fraction of sp³-hybridized carbons (Fsp3) is 0.615. The second-order valence-electron chi connectivity index (χ2n) is 4.90. The number of hydrogen-bond donors (Lipinski definition) is 1. The van der Waals surface area contributed by atoms with Crippen LogP contribution in [-0.4, -0.2) is 23.9 Å². The topological polar surface area (TPSA) is 59.5 Å². The van der Waals surface area contributed by atoms with Gasteiger partial charge in [0.1, 0.15) is 5.76 Å². The van der Waals surface area contributed by atoms with E-state index < -0.39 is 0 Å². The Balaban J connectivity index is 1.90. The standard InChI is InChI=1S/C13H20N2O2/c1-15(9-12-6-3-7-17-12)13(16)10-4-2-5-11(14)8-10/h3,6-7,10-11H,2,4-5,8-9,14H2,1H3. The second kappa shape index (κ2) is 5.36. The molecular weight excluding hydrogens is 216 g/mol. The van der Waals surface area contributed by atoms with Crippen LogP contribution in [0, 0.1) is 5.92 Å². The lowest BCUT2D eigenvalue weighted by Crippen LogP contribution is -2.38. The van der Waals surface area contributed by atoms with Gasteiger partial charge in [-0.3, -0.25) is 4.79 Å². The molecule has 2 rings (SSSR count). The summed E-state index contributed by atoms with van der Waals surface area (Å²) in [5.41, 5.74) is 5.91. The molecule has 4 nitrogen and oxygen atoms in total. The van der Waals surface area contributed by atoms with Crippen molar-refractivity contribution in [3.8, 4) is 0 Å². The third kappa shape index (κ3) is 3.09. The summed E-state index contributed by atoms with van der Waals surface area (Å²) in [6.45, 7) is 0.539. The normalized spacial score (nSPS) is 24.6. The highest BCUT2D eigenvalue weighted by molar-refractivity contribution is 5.78. The fourth-order valence-electron chi connectivity index (χ4n) is 2.48. The van der Waals surface area contributed by atoms with E-state index in [4.69, 9.17) is 10.2 Å². The number of nitrogens with zero attached hydrogens (tertiary/aromatic N) is 1. The first kappa shape index (κ1) is 12.2. The molecule has 1 amide bonds. The van der Waals surface area contributed by atoms with Crippen LogP contribution in [0.1, 0.15) is 31.4 Å². The maximum Gasteiger partial charge on any atom is 0.225 e. The number of amides is 1. The first-order valence-electron chi connectivity index (χ1n) is 6.19. The maximum absolute atomic E-state index is 12.2. The van der Waals surface area contributed by atoms with Crippen molar-refractivity contribution in [3.63, 3.8) is 0 Å². The fourth-order valence-corrected chi connectivity index (χ4v) is 2.48. The molecule has 4 heteroatoms. The Bertz CT molecular complexity index is 362. The summed E-state index contributed by atoms with van der Waals surface area (Å²) in [7, 11) is 1.82. The number of nitrogens with two attached hydrogens (primary N) is 1. The van der Waals surface area contributed by atoms with Crippen molar-refractivity contribution in [2.45, 2.75) is 38.3 Å². The van der Waals surface area contributed by atoms with Crippen LogP contribution in [0.15, 0.2) is 22.8 Å². The van der Waals surface area contributed by atoms with Gasteiger partial charge < -0.3 is 15.1 Å². The first-order chi connectivity index (χ1) is 8.16. The average Bonchev–Trinajstić information content (AvgIpc) is 2.80. The highest BCUT2D eigenvalue weighted by Gasteiger charge is 2.27. The van der Waals surface area contributed by atoms with Crippen molar-refractivity contribution in [2.75, 3.05) is 7.05 Å². The molecule has 1 fully saturated rings. The van der Waals surface area contributed by atoms with Crippen molar-refractivity contribution >= 4 is 5.91 Å². The zero-order valence-corrected chi connectivity index (χ0v) is 10.3. The molecule has 0 saturated heterocycles. The minimum Gasteiger partial charge on any atom is -0.467 e. The van der Waals surface area contributed by atoms with Gasteiger partial charge >= 0.3 is 0 Å². The van der Waals surface area contributed by atoms with Gasteiger partial charge in [-0.1, -0.05) is 6.42 Å². The molecule has 0 radical (unpaired) electrons. The molecule has 0 aromatic carbocycles. The second-order valence-corrected chi connectivity index (χ2v) is 4.90. The Hall–Kier alpha value is -1.29. The van der Waals surface area contributed by atoms with Gasteiger partial charge in [0.25, 0.3) is 0 Å². The molecule has 1 aliphatic rings. The van der Waals surface area contributed by atoms with E-state index in [1.807, 2.05) is 19.2 Å². The Labute approximate surface area is 102 Å². The summed E-state index contributed by atoms with van der Waals surface area (Å²) in [6, 6.07) is 3.91. The van der Waals surface area contributed by atoms with Gasteiger partial charge in [0.05, 0.1) is 12.8 Å². The Morgan fingerprint density at radius 1 is 1.59 bits per heavy atom. The predicted molar refractivity (Wildman–Crippen MR) is 65.1 cm³/mol. The van der Waals surface area contributed by atoms with Gasteiger partial charge in [-0.15, -0.1) is 0 Å². The largest absolute Gasteiger partial charge is 0.467 e. The zero-order valence-electron chi connectivity index (χ0n) is 10.3. The van der Waals surface area contributed by atoms with Crippen LogP contribution in [0.25, 0.3) is 0 Å². The van der Waals surface area contributed by atoms with E-state index in [-0.39, 0.29) is 17.9 Å². The molecule has 1 saturated carbocycles. The number of hydrogen-bond acceptors (Lipinski definition) is 3. The van der Waals surface area contributed by atoms with E-state index in [2.05, 4.69) is 0 Å². The maximum atomic E-state index is 12.2. The lowest BCUT2D eigenvalue weighted by molar-refractivity contribution is -0.136. The summed E-state index contributed by atoms with van der Waals surface area (Å²) < 4.78 is 5.24. The molecule has 0 aliphatic heterocycles.